The van der Waals surface area contributed by atoms with Crippen molar-refractivity contribution in [3.05, 3.63) is 46.7 Å². The van der Waals surface area contributed by atoms with Crippen LogP contribution >= 0.6 is 27.5 Å². The van der Waals surface area contributed by atoms with Crippen LogP contribution in [0.25, 0.3) is 0 Å². The normalized spacial score (nSPS) is 14.2. The summed E-state index contributed by atoms with van der Waals surface area (Å²) in [5.41, 5.74) is -0.774. The van der Waals surface area contributed by atoms with E-state index in [1.165, 1.54) is 6.07 Å². The van der Waals surface area contributed by atoms with Crippen LogP contribution in [0.2, 0.25) is 0 Å². The second kappa shape index (κ2) is 5.11. The average molecular weight is 306 g/mol. The van der Waals surface area contributed by atoms with Crippen molar-refractivity contribution in [3.63, 3.8) is 0 Å². The first-order chi connectivity index (χ1) is 7.41. The molecule has 1 nitrogen and oxygen atoms in total. The monoisotopic (exact) mass is 304 g/mol. The van der Waals surface area contributed by atoms with Gasteiger partial charge in [0.15, 0.2) is 0 Å². The second-order valence-corrected chi connectivity index (χ2v) is 4.98. The Bertz CT molecular complexity index is 433. The van der Waals surface area contributed by atoms with Gasteiger partial charge in [-0.2, -0.15) is 0 Å². The van der Waals surface area contributed by atoms with Crippen molar-refractivity contribution in [2.75, 3.05) is 0 Å². The molecule has 0 saturated carbocycles. The average Bonchev–Trinajstić information content (AvgIpc) is 2.17. The van der Waals surface area contributed by atoms with E-state index < -0.39 is 16.5 Å². The van der Waals surface area contributed by atoms with E-state index in [0.29, 0.717) is 10.9 Å². The summed E-state index contributed by atoms with van der Waals surface area (Å²) in [6.45, 7) is 5.17. The van der Waals surface area contributed by atoms with Gasteiger partial charge in [-0.1, -0.05) is 28.1 Å². The van der Waals surface area contributed by atoms with Crippen LogP contribution in [0.5, 0.6) is 0 Å². The lowest BCUT2D eigenvalue weighted by Gasteiger charge is -2.24. The van der Waals surface area contributed by atoms with E-state index in [1.54, 1.807) is 25.1 Å². The van der Waals surface area contributed by atoms with Crippen LogP contribution in [-0.4, -0.2) is 5.24 Å². The smallest absolute Gasteiger partial charge is 0.232 e. The summed E-state index contributed by atoms with van der Waals surface area (Å²) in [6.07, 6.45) is 1.86. The molecule has 0 amide bonds. The van der Waals surface area contributed by atoms with Crippen molar-refractivity contribution in [2.24, 2.45) is 0 Å². The Labute approximate surface area is 107 Å². The molecular weight excluding hydrogens is 294 g/mol. The molecule has 0 saturated heterocycles. The van der Waals surface area contributed by atoms with Crippen LogP contribution < -0.4 is 0 Å². The zero-order valence-corrected chi connectivity index (χ0v) is 11.1. The first kappa shape index (κ1) is 13.4. The van der Waals surface area contributed by atoms with E-state index in [0.717, 1.165) is 0 Å². The quantitative estimate of drug-likeness (QED) is 0.602. The number of carbonyl (C=O) groups excluding carboxylic acids is 1. The summed E-state index contributed by atoms with van der Waals surface area (Å²) in [5, 5.41) is -0.589. The fourth-order valence-electron chi connectivity index (χ4n) is 1.52. The molecule has 0 aromatic heterocycles. The van der Waals surface area contributed by atoms with Gasteiger partial charge in [0.25, 0.3) is 0 Å². The number of hydrogen-bond donors (Lipinski definition) is 0. The van der Waals surface area contributed by atoms with Crippen molar-refractivity contribution in [1.82, 2.24) is 0 Å². The van der Waals surface area contributed by atoms with Crippen LogP contribution in [0.1, 0.15) is 18.9 Å². The predicted molar refractivity (Wildman–Crippen MR) is 67.1 cm³/mol. The lowest BCUT2D eigenvalue weighted by Crippen LogP contribution is -2.29. The van der Waals surface area contributed by atoms with Crippen LogP contribution in [0, 0.1) is 5.82 Å². The minimum absolute atomic E-state index is 0.288. The van der Waals surface area contributed by atoms with Crippen molar-refractivity contribution in [3.8, 4) is 0 Å². The number of benzene rings is 1. The molecule has 16 heavy (non-hydrogen) atoms. The van der Waals surface area contributed by atoms with Gasteiger partial charge in [-0.25, -0.2) is 4.39 Å². The van der Waals surface area contributed by atoms with Crippen molar-refractivity contribution in [2.45, 2.75) is 18.8 Å². The topological polar surface area (TPSA) is 17.1 Å². The fourth-order valence-corrected chi connectivity index (χ4v) is 2.03. The van der Waals surface area contributed by atoms with Gasteiger partial charge >= 0.3 is 0 Å². The Morgan fingerprint density at radius 3 is 2.75 bits per heavy atom. The lowest BCUT2D eigenvalue weighted by atomic mass is 9.80. The first-order valence-electron chi connectivity index (χ1n) is 4.68. The summed E-state index contributed by atoms with van der Waals surface area (Å²) in [7, 11) is 0. The number of carbonyl (C=O) groups is 1. The molecular formula is C12H11BrClFO. The van der Waals surface area contributed by atoms with Gasteiger partial charge in [-0.15, -0.1) is 6.58 Å². The molecule has 0 bridgehead atoms. The van der Waals surface area contributed by atoms with E-state index in [2.05, 4.69) is 22.5 Å². The second-order valence-electron chi connectivity index (χ2n) is 3.72. The third-order valence-electron chi connectivity index (χ3n) is 2.51. The van der Waals surface area contributed by atoms with Crippen molar-refractivity contribution < 1.29 is 9.18 Å². The Morgan fingerprint density at radius 2 is 2.31 bits per heavy atom. The first-order valence-corrected chi connectivity index (χ1v) is 5.85. The van der Waals surface area contributed by atoms with E-state index in [-0.39, 0.29) is 5.56 Å². The number of allylic oxidation sites excluding steroid dienone is 1. The molecule has 1 aromatic carbocycles. The zero-order chi connectivity index (χ0) is 12.3. The Hall–Kier alpha value is -0.670. The van der Waals surface area contributed by atoms with E-state index in [1.807, 2.05) is 0 Å². The van der Waals surface area contributed by atoms with Crippen LogP contribution in [-0.2, 0) is 10.2 Å². The molecule has 0 spiro atoms. The van der Waals surface area contributed by atoms with Gasteiger partial charge in [-0.05, 0) is 37.1 Å². The molecule has 1 aromatic rings. The molecule has 0 radical (unpaired) electrons. The summed E-state index contributed by atoms with van der Waals surface area (Å²) in [5.74, 6) is -0.451. The number of rotatable bonds is 4. The molecule has 0 aliphatic heterocycles. The summed E-state index contributed by atoms with van der Waals surface area (Å²) < 4.78 is 14.4. The molecule has 1 atom stereocenters. The van der Waals surface area contributed by atoms with Gasteiger partial charge in [0.05, 0.1) is 5.41 Å². The van der Waals surface area contributed by atoms with Gasteiger partial charge in [0, 0.05) is 10.0 Å². The number of halogens is 3. The molecule has 0 aliphatic rings. The summed E-state index contributed by atoms with van der Waals surface area (Å²) >= 11 is 8.71. The van der Waals surface area contributed by atoms with Gasteiger partial charge in [0.2, 0.25) is 5.24 Å². The fraction of sp³-hybridized carbons (Fsp3) is 0.250. The highest BCUT2D eigenvalue weighted by Gasteiger charge is 2.35. The Kier molecular flexibility index (Phi) is 4.28. The molecule has 86 valence electrons. The highest BCUT2D eigenvalue weighted by Crippen LogP contribution is 2.33. The zero-order valence-electron chi connectivity index (χ0n) is 8.77. The lowest BCUT2D eigenvalue weighted by molar-refractivity contribution is -0.116. The van der Waals surface area contributed by atoms with Crippen LogP contribution in [0.4, 0.5) is 4.39 Å². The molecule has 1 unspecified atom stereocenters. The molecule has 0 fully saturated rings. The van der Waals surface area contributed by atoms with Crippen molar-refractivity contribution in [1.29, 1.82) is 0 Å². The maximum Gasteiger partial charge on any atom is 0.232 e. The highest BCUT2D eigenvalue weighted by molar-refractivity contribution is 9.10. The largest absolute Gasteiger partial charge is 0.280 e. The molecule has 0 aliphatic carbocycles. The van der Waals surface area contributed by atoms with Crippen molar-refractivity contribution >= 4 is 32.8 Å². The maximum atomic E-state index is 13.8. The predicted octanol–water partition coefficient (Wildman–Crippen LogP) is 4.19. The Balaban J connectivity index is 3.31. The third-order valence-corrected chi connectivity index (χ3v) is 3.42. The molecule has 0 heterocycles. The van der Waals surface area contributed by atoms with Gasteiger partial charge < -0.3 is 0 Å². The highest BCUT2D eigenvalue weighted by atomic mass is 79.9. The maximum absolute atomic E-state index is 13.8. The standard InChI is InChI=1S/C12H11BrClFO/c1-3-6-12(2,11(14)16)9-5-4-8(13)7-10(9)15/h3-5,7H,1,6H2,2H3. The SMILES string of the molecule is C=CCC(C)(C(=O)Cl)c1ccc(Br)cc1F. The van der Waals surface area contributed by atoms with E-state index in [4.69, 9.17) is 11.6 Å². The van der Waals surface area contributed by atoms with Gasteiger partial charge in [0.1, 0.15) is 5.82 Å². The van der Waals surface area contributed by atoms with E-state index >= 15 is 0 Å². The van der Waals surface area contributed by atoms with E-state index in [9.17, 15) is 9.18 Å². The van der Waals surface area contributed by atoms with Gasteiger partial charge in [-0.3, -0.25) is 4.79 Å². The summed E-state index contributed by atoms with van der Waals surface area (Å²) in [6, 6.07) is 4.55. The molecule has 1 rings (SSSR count). The minimum Gasteiger partial charge on any atom is -0.280 e. The third kappa shape index (κ3) is 2.53. The molecule has 4 heteroatoms. The molecule has 0 N–H and O–H groups in total. The minimum atomic E-state index is -1.06. The van der Waals surface area contributed by atoms with Crippen LogP contribution in [0.15, 0.2) is 35.3 Å². The number of hydrogen-bond acceptors (Lipinski definition) is 1. The summed E-state index contributed by atoms with van der Waals surface area (Å²) in [4.78, 5) is 11.4. The van der Waals surface area contributed by atoms with Crippen LogP contribution in [0.3, 0.4) is 0 Å². The Morgan fingerprint density at radius 1 is 1.69 bits per heavy atom.